The Morgan fingerprint density at radius 3 is 2.55 bits per heavy atom. The van der Waals surface area contributed by atoms with E-state index in [0.717, 1.165) is 37.4 Å². The van der Waals surface area contributed by atoms with Gasteiger partial charge in [0.15, 0.2) is 11.5 Å². The molecular weight excluding hydrogens is 482 g/mol. The van der Waals surface area contributed by atoms with Gasteiger partial charge in [0.25, 0.3) is 11.1 Å². The Morgan fingerprint density at radius 1 is 1.11 bits per heavy atom. The molecule has 3 aromatic heterocycles. The Balaban J connectivity index is 1.53. The van der Waals surface area contributed by atoms with Crippen LogP contribution in [0, 0.1) is 6.92 Å². The van der Waals surface area contributed by atoms with Crippen LogP contribution < -0.4 is 21.3 Å². The number of likely N-dealkylation sites (N-methyl/N-ethyl adjacent to an activating group) is 1. The zero-order chi connectivity index (χ0) is 27.0. The predicted molar refractivity (Wildman–Crippen MR) is 150 cm³/mol. The molecule has 4 heterocycles. The minimum absolute atomic E-state index is 0.146. The summed E-state index contributed by atoms with van der Waals surface area (Å²) in [6, 6.07) is 9.11. The van der Waals surface area contributed by atoms with Crippen LogP contribution in [-0.4, -0.2) is 67.2 Å². The number of benzene rings is 1. The largest absolute Gasteiger partial charge is 0.369 e. The van der Waals surface area contributed by atoms with Crippen molar-refractivity contribution in [2.45, 2.75) is 33.4 Å². The molecule has 11 heteroatoms. The van der Waals surface area contributed by atoms with Gasteiger partial charge in [-0.25, -0.2) is 19.0 Å². The SMILES string of the molecule is C=CCn1c(=O)c2cnc(Nc3ccc(N4CCN(C)CC4)c(C)c3)nc2n1-c1ccc(=O)n(C(C)C)n1. The van der Waals surface area contributed by atoms with Crippen LogP contribution in [0.3, 0.4) is 0 Å². The first-order chi connectivity index (χ1) is 18.3. The monoisotopic (exact) mass is 515 g/mol. The van der Waals surface area contributed by atoms with Crippen molar-refractivity contribution < 1.29 is 0 Å². The lowest BCUT2D eigenvalue weighted by atomic mass is 10.1. The van der Waals surface area contributed by atoms with Crippen molar-refractivity contribution >= 4 is 28.4 Å². The fourth-order valence-corrected chi connectivity index (χ4v) is 4.77. The third-order valence-electron chi connectivity index (χ3n) is 6.79. The molecule has 0 unspecified atom stereocenters. The molecule has 1 fully saturated rings. The minimum Gasteiger partial charge on any atom is -0.369 e. The minimum atomic E-state index is -0.261. The summed E-state index contributed by atoms with van der Waals surface area (Å²) in [5, 5.41) is 8.15. The Kier molecular flexibility index (Phi) is 6.85. The van der Waals surface area contributed by atoms with Gasteiger partial charge < -0.3 is 15.1 Å². The number of aromatic nitrogens is 6. The third-order valence-corrected chi connectivity index (χ3v) is 6.79. The predicted octanol–water partition coefficient (Wildman–Crippen LogP) is 2.71. The Bertz CT molecular complexity index is 1610. The first kappa shape index (κ1) is 25.4. The van der Waals surface area contributed by atoms with E-state index in [9.17, 15) is 9.59 Å². The lowest BCUT2D eigenvalue weighted by Gasteiger charge is -2.35. The second-order valence-corrected chi connectivity index (χ2v) is 9.90. The highest BCUT2D eigenvalue weighted by atomic mass is 16.1. The maximum absolute atomic E-state index is 13.2. The standard InChI is InChI=1S/C27H33N9O2/c1-6-11-34-26(38)21-17-28-27(30-25(21)36(34)23-9-10-24(37)35(31-23)18(2)3)29-20-7-8-22(19(4)16-20)33-14-12-32(5)13-15-33/h6-10,16-18H,1,11-15H2,2-5H3,(H,28,29,30). The van der Waals surface area contributed by atoms with Crippen LogP contribution in [0.5, 0.6) is 0 Å². The molecule has 198 valence electrons. The summed E-state index contributed by atoms with van der Waals surface area (Å²) in [5.41, 5.74) is 3.15. The van der Waals surface area contributed by atoms with Gasteiger partial charge in [-0.1, -0.05) is 6.08 Å². The summed E-state index contributed by atoms with van der Waals surface area (Å²) in [6.45, 7) is 14.0. The molecule has 0 atom stereocenters. The molecule has 1 saturated heterocycles. The molecular formula is C27H33N9O2. The van der Waals surface area contributed by atoms with Gasteiger partial charge in [-0.3, -0.25) is 9.59 Å². The zero-order valence-electron chi connectivity index (χ0n) is 22.3. The lowest BCUT2D eigenvalue weighted by molar-refractivity contribution is 0.312. The molecule has 1 N–H and O–H groups in total. The van der Waals surface area contributed by atoms with E-state index in [4.69, 9.17) is 4.98 Å². The number of aryl methyl sites for hydroxylation is 1. The van der Waals surface area contributed by atoms with Crippen LogP contribution in [0.1, 0.15) is 25.5 Å². The van der Waals surface area contributed by atoms with Gasteiger partial charge in [0, 0.05) is 49.8 Å². The van der Waals surface area contributed by atoms with Gasteiger partial charge in [0.1, 0.15) is 5.39 Å². The van der Waals surface area contributed by atoms with Crippen molar-refractivity contribution in [2.24, 2.45) is 0 Å². The number of nitrogens with one attached hydrogen (secondary N) is 1. The molecule has 0 saturated carbocycles. The summed E-state index contributed by atoms with van der Waals surface area (Å²) < 4.78 is 4.49. The second-order valence-electron chi connectivity index (χ2n) is 9.90. The van der Waals surface area contributed by atoms with E-state index in [2.05, 4.69) is 57.9 Å². The molecule has 1 aromatic carbocycles. The highest BCUT2D eigenvalue weighted by Crippen LogP contribution is 2.26. The Morgan fingerprint density at radius 2 is 1.87 bits per heavy atom. The van der Waals surface area contributed by atoms with Gasteiger partial charge in [-0.2, -0.15) is 4.98 Å². The van der Waals surface area contributed by atoms with E-state index in [1.165, 1.54) is 27.3 Å². The van der Waals surface area contributed by atoms with Crippen molar-refractivity contribution in [3.8, 4) is 5.82 Å². The average molecular weight is 516 g/mol. The van der Waals surface area contributed by atoms with Crippen molar-refractivity contribution in [3.05, 3.63) is 75.5 Å². The lowest BCUT2D eigenvalue weighted by Crippen LogP contribution is -2.44. The van der Waals surface area contributed by atoms with Gasteiger partial charge in [-0.05, 0) is 57.6 Å². The number of allylic oxidation sites excluding steroid dienone is 1. The molecule has 4 aromatic rings. The number of anilines is 3. The van der Waals surface area contributed by atoms with E-state index < -0.39 is 0 Å². The molecule has 0 aliphatic carbocycles. The highest BCUT2D eigenvalue weighted by Gasteiger charge is 2.20. The van der Waals surface area contributed by atoms with Gasteiger partial charge in [-0.15, -0.1) is 11.7 Å². The molecule has 0 amide bonds. The molecule has 0 bridgehead atoms. The van der Waals surface area contributed by atoms with Crippen LogP contribution in [-0.2, 0) is 6.54 Å². The van der Waals surface area contributed by atoms with Crippen LogP contribution in [0.4, 0.5) is 17.3 Å². The molecule has 11 nitrogen and oxygen atoms in total. The van der Waals surface area contributed by atoms with E-state index in [-0.39, 0.29) is 23.7 Å². The second kappa shape index (κ2) is 10.3. The van der Waals surface area contributed by atoms with Crippen LogP contribution in [0.25, 0.3) is 16.9 Å². The fourth-order valence-electron chi connectivity index (χ4n) is 4.77. The maximum Gasteiger partial charge on any atom is 0.278 e. The summed E-state index contributed by atoms with van der Waals surface area (Å²) in [5.74, 6) is 0.759. The quantitative estimate of drug-likeness (QED) is 0.375. The van der Waals surface area contributed by atoms with Crippen LogP contribution in [0.2, 0.25) is 0 Å². The number of nitrogens with zero attached hydrogens (tertiary/aromatic N) is 8. The van der Waals surface area contributed by atoms with Crippen molar-refractivity contribution in [1.29, 1.82) is 0 Å². The van der Waals surface area contributed by atoms with E-state index in [1.807, 2.05) is 19.9 Å². The molecule has 0 spiro atoms. The number of fused-ring (bicyclic) bond motifs is 1. The summed E-state index contributed by atoms with van der Waals surface area (Å²) in [4.78, 5) is 39.4. The van der Waals surface area contributed by atoms with E-state index in [0.29, 0.717) is 22.8 Å². The molecule has 5 rings (SSSR count). The fraction of sp³-hybridized carbons (Fsp3) is 0.370. The molecule has 38 heavy (non-hydrogen) atoms. The zero-order valence-corrected chi connectivity index (χ0v) is 22.3. The first-order valence-corrected chi connectivity index (χ1v) is 12.8. The first-order valence-electron chi connectivity index (χ1n) is 12.8. The van der Waals surface area contributed by atoms with Gasteiger partial charge >= 0.3 is 0 Å². The van der Waals surface area contributed by atoms with Gasteiger partial charge in [0.2, 0.25) is 5.95 Å². The molecule has 1 aliphatic rings. The smallest absolute Gasteiger partial charge is 0.278 e. The van der Waals surface area contributed by atoms with Crippen LogP contribution >= 0.6 is 0 Å². The third kappa shape index (κ3) is 4.72. The normalized spacial score (nSPS) is 14.4. The maximum atomic E-state index is 13.2. The van der Waals surface area contributed by atoms with E-state index >= 15 is 0 Å². The van der Waals surface area contributed by atoms with E-state index in [1.54, 1.807) is 16.8 Å². The summed E-state index contributed by atoms with van der Waals surface area (Å²) >= 11 is 0. The Hall–Kier alpha value is -4.25. The summed E-state index contributed by atoms with van der Waals surface area (Å²) in [6.07, 6.45) is 3.15. The highest BCUT2D eigenvalue weighted by molar-refractivity contribution is 5.77. The number of hydrogen-bond acceptors (Lipinski definition) is 8. The summed E-state index contributed by atoms with van der Waals surface area (Å²) in [7, 11) is 2.15. The van der Waals surface area contributed by atoms with Crippen molar-refractivity contribution in [2.75, 3.05) is 43.4 Å². The van der Waals surface area contributed by atoms with Gasteiger partial charge in [0.05, 0.1) is 12.6 Å². The topological polar surface area (TPSA) is 106 Å². The average Bonchev–Trinajstić information content (AvgIpc) is 3.16. The van der Waals surface area contributed by atoms with Crippen molar-refractivity contribution in [1.82, 2.24) is 34.0 Å². The van der Waals surface area contributed by atoms with Crippen molar-refractivity contribution in [3.63, 3.8) is 0 Å². The molecule has 0 radical (unpaired) electrons. The number of hydrogen-bond donors (Lipinski definition) is 1. The van der Waals surface area contributed by atoms with Crippen LogP contribution in [0.15, 0.2) is 58.8 Å². The molecule has 1 aliphatic heterocycles. The number of piperazine rings is 1. The number of rotatable bonds is 7. The Labute approximate surface area is 220 Å².